The standard InChI is InChI=1S/C14H15ClN2O4/c1-2-21-13(19)8-16-11-7-12(18)17(14(11)20)10-5-3-4-9(15)6-10/h3-6,11,16H,2,7-8H2,1H3/p+1/t11-/m1/s1. The SMILES string of the molecule is CCOC(=O)C[NH2+][C@@H]1CC(=O)N(c2cccc(Cl)c2)C1=O. The minimum atomic E-state index is -0.596. The minimum absolute atomic E-state index is 0.0148. The maximum absolute atomic E-state index is 12.3. The van der Waals surface area contributed by atoms with Crippen LogP contribution >= 0.6 is 11.6 Å². The van der Waals surface area contributed by atoms with Crippen molar-refractivity contribution in [3.05, 3.63) is 29.3 Å². The summed E-state index contributed by atoms with van der Waals surface area (Å²) in [7, 11) is 0. The average molecular weight is 312 g/mol. The number of carbonyl (C=O) groups is 3. The van der Waals surface area contributed by atoms with Gasteiger partial charge in [-0.1, -0.05) is 17.7 Å². The number of amides is 2. The summed E-state index contributed by atoms with van der Waals surface area (Å²) in [5, 5.41) is 1.98. The van der Waals surface area contributed by atoms with Crippen LogP contribution in [-0.2, 0) is 19.1 Å². The van der Waals surface area contributed by atoms with Crippen LogP contribution in [-0.4, -0.2) is 37.0 Å². The van der Waals surface area contributed by atoms with Crippen molar-refractivity contribution in [2.75, 3.05) is 18.1 Å². The molecule has 0 unspecified atom stereocenters. The lowest BCUT2D eigenvalue weighted by molar-refractivity contribution is -0.665. The molecule has 1 fully saturated rings. The summed E-state index contributed by atoms with van der Waals surface area (Å²) in [5.74, 6) is -1.04. The molecule has 1 aromatic rings. The topological polar surface area (TPSA) is 80.3 Å². The molecule has 0 aliphatic carbocycles. The monoisotopic (exact) mass is 311 g/mol. The van der Waals surface area contributed by atoms with Gasteiger partial charge in [-0.05, 0) is 25.1 Å². The summed E-state index contributed by atoms with van der Waals surface area (Å²) in [6.45, 7) is 2.02. The van der Waals surface area contributed by atoms with E-state index in [2.05, 4.69) is 0 Å². The van der Waals surface area contributed by atoms with Crippen LogP contribution in [0.25, 0.3) is 0 Å². The number of halogens is 1. The van der Waals surface area contributed by atoms with Gasteiger partial charge in [-0.3, -0.25) is 9.59 Å². The second-order valence-corrected chi connectivity index (χ2v) is 5.04. The van der Waals surface area contributed by atoms with Crippen molar-refractivity contribution in [3.63, 3.8) is 0 Å². The van der Waals surface area contributed by atoms with E-state index in [-0.39, 0.29) is 24.8 Å². The molecule has 1 heterocycles. The zero-order valence-electron chi connectivity index (χ0n) is 11.5. The van der Waals surface area contributed by atoms with Crippen LogP contribution in [0.15, 0.2) is 24.3 Å². The first-order valence-electron chi connectivity index (χ1n) is 6.64. The highest BCUT2D eigenvalue weighted by molar-refractivity contribution is 6.31. The van der Waals surface area contributed by atoms with E-state index in [1.165, 1.54) is 5.32 Å². The van der Waals surface area contributed by atoms with Gasteiger partial charge in [-0.15, -0.1) is 0 Å². The molecule has 1 aliphatic heterocycles. The third-order valence-electron chi connectivity index (χ3n) is 3.12. The molecular formula is C14H16ClN2O4+. The predicted octanol–water partition coefficient (Wildman–Crippen LogP) is 0.0984. The van der Waals surface area contributed by atoms with Crippen molar-refractivity contribution in [2.45, 2.75) is 19.4 Å². The van der Waals surface area contributed by atoms with Gasteiger partial charge in [0.15, 0.2) is 12.6 Å². The van der Waals surface area contributed by atoms with E-state index in [0.29, 0.717) is 17.3 Å². The van der Waals surface area contributed by atoms with E-state index in [1.54, 1.807) is 31.2 Å². The molecule has 0 aromatic heterocycles. The summed E-state index contributed by atoms with van der Waals surface area (Å²) in [4.78, 5) is 36.7. The average Bonchev–Trinajstić information content (AvgIpc) is 2.71. The van der Waals surface area contributed by atoms with Crippen LogP contribution in [0.1, 0.15) is 13.3 Å². The van der Waals surface area contributed by atoms with E-state index in [9.17, 15) is 14.4 Å². The number of nitrogens with zero attached hydrogens (tertiary/aromatic N) is 1. The Hall–Kier alpha value is -1.92. The largest absolute Gasteiger partial charge is 0.462 e. The van der Waals surface area contributed by atoms with Crippen LogP contribution in [0.3, 0.4) is 0 Å². The molecule has 7 heteroatoms. The normalized spacial score (nSPS) is 18.2. The fourth-order valence-corrected chi connectivity index (χ4v) is 2.37. The number of hydrogen-bond acceptors (Lipinski definition) is 4. The number of benzene rings is 1. The Bertz CT molecular complexity index is 576. The molecule has 0 saturated carbocycles. The van der Waals surface area contributed by atoms with Crippen LogP contribution in [0, 0.1) is 0 Å². The smallest absolute Gasteiger partial charge is 0.361 e. The third kappa shape index (κ3) is 3.59. The highest BCUT2D eigenvalue weighted by Crippen LogP contribution is 2.24. The van der Waals surface area contributed by atoms with Crippen molar-refractivity contribution in [2.24, 2.45) is 0 Å². The molecule has 1 aliphatic rings. The lowest BCUT2D eigenvalue weighted by Crippen LogP contribution is -2.93. The lowest BCUT2D eigenvalue weighted by atomic mass is 10.2. The quantitative estimate of drug-likeness (QED) is 0.618. The van der Waals surface area contributed by atoms with Crippen LogP contribution in [0.2, 0.25) is 5.02 Å². The maximum atomic E-state index is 12.3. The zero-order chi connectivity index (χ0) is 15.4. The number of nitrogens with two attached hydrogens (primary N) is 1. The molecular weight excluding hydrogens is 296 g/mol. The summed E-state index contributed by atoms with van der Waals surface area (Å²) >= 11 is 5.87. The van der Waals surface area contributed by atoms with Gasteiger partial charge in [0.05, 0.1) is 18.7 Å². The highest BCUT2D eigenvalue weighted by atomic mass is 35.5. The van der Waals surface area contributed by atoms with Crippen LogP contribution in [0.5, 0.6) is 0 Å². The van der Waals surface area contributed by atoms with Gasteiger partial charge in [0.25, 0.3) is 5.91 Å². The highest BCUT2D eigenvalue weighted by Gasteiger charge is 2.42. The van der Waals surface area contributed by atoms with E-state index in [1.807, 2.05) is 0 Å². The van der Waals surface area contributed by atoms with Gasteiger partial charge in [-0.25, -0.2) is 9.69 Å². The molecule has 21 heavy (non-hydrogen) atoms. The predicted molar refractivity (Wildman–Crippen MR) is 75.8 cm³/mol. The molecule has 0 spiro atoms. The molecule has 2 amide bonds. The molecule has 6 nitrogen and oxygen atoms in total. The number of carbonyl (C=O) groups excluding carboxylic acids is 3. The fraction of sp³-hybridized carbons (Fsp3) is 0.357. The first kappa shape index (κ1) is 15.5. The van der Waals surface area contributed by atoms with Gasteiger partial charge in [0.1, 0.15) is 0 Å². The van der Waals surface area contributed by atoms with Crippen molar-refractivity contribution in [3.8, 4) is 0 Å². The Morgan fingerprint density at radius 2 is 2.24 bits per heavy atom. The van der Waals surface area contributed by atoms with Gasteiger partial charge >= 0.3 is 5.97 Å². The second kappa shape index (κ2) is 6.69. The van der Waals surface area contributed by atoms with Gasteiger partial charge in [0, 0.05) is 5.02 Å². The van der Waals surface area contributed by atoms with Gasteiger partial charge in [0.2, 0.25) is 5.91 Å². The zero-order valence-corrected chi connectivity index (χ0v) is 12.3. The summed E-state index contributed by atoms with van der Waals surface area (Å²) in [6, 6.07) is 5.95. The molecule has 0 radical (unpaired) electrons. The fourth-order valence-electron chi connectivity index (χ4n) is 2.18. The van der Waals surface area contributed by atoms with E-state index < -0.39 is 12.0 Å². The Labute approximate surface area is 127 Å². The molecule has 112 valence electrons. The van der Waals surface area contributed by atoms with Crippen LogP contribution in [0.4, 0.5) is 5.69 Å². The van der Waals surface area contributed by atoms with Crippen molar-refractivity contribution in [1.29, 1.82) is 0 Å². The second-order valence-electron chi connectivity index (χ2n) is 4.60. The van der Waals surface area contributed by atoms with Crippen molar-refractivity contribution >= 4 is 35.1 Å². The van der Waals surface area contributed by atoms with E-state index in [4.69, 9.17) is 16.3 Å². The molecule has 2 N–H and O–H groups in total. The van der Waals surface area contributed by atoms with Crippen molar-refractivity contribution < 1.29 is 24.4 Å². The third-order valence-corrected chi connectivity index (χ3v) is 3.36. The number of imide groups is 1. The number of anilines is 1. The van der Waals surface area contributed by atoms with E-state index >= 15 is 0 Å². The number of esters is 1. The Kier molecular flexibility index (Phi) is 4.93. The maximum Gasteiger partial charge on any atom is 0.361 e. The summed E-state index contributed by atoms with van der Waals surface area (Å²) in [5.41, 5.74) is 0.449. The molecule has 1 aromatic carbocycles. The number of quaternary nitrogens is 1. The molecule has 1 atom stereocenters. The Morgan fingerprint density at radius 3 is 2.90 bits per heavy atom. The van der Waals surface area contributed by atoms with Crippen LogP contribution < -0.4 is 10.2 Å². The number of hydrogen-bond donors (Lipinski definition) is 1. The van der Waals surface area contributed by atoms with Gasteiger partial charge in [-0.2, -0.15) is 0 Å². The number of ether oxygens (including phenoxy) is 1. The first-order valence-corrected chi connectivity index (χ1v) is 7.02. The van der Waals surface area contributed by atoms with E-state index in [0.717, 1.165) is 4.90 Å². The first-order chi connectivity index (χ1) is 10.0. The Morgan fingerprint density at radius 1 is 1.48 bits per heavy atom. The Balaban J connectivity index is 2.05. The summed E-state index contributed by atoms with van der Waals surface area (Å²) < 4.78 is 4.79. The minimum Gasteiger partial charge on any atom is -0.462 e. The molecule has 1 saturated heterocycles. The summed E-state index contributed by atoms with van der Waals surface area (Å²) in [6.07, 6.45) is 0.0603. The van der Waals surface area contributed by atoms with Gasteiger partial charge < -0.3 is 10.1 Å². The molecule has 0 bridgehead atoms. The number of rotatable bonds is 5. The lowest BCUT2D eigenvalue weighted by Gasteiger charge is -2.14. The molecule has 2 rings (SSSR count). The van der Waals surface area contributed by atoms with Crippen molar-refractivity contribution in [1.82, 2.24) is 0 Å².